The Labute approximate surface area is 184 Å². The van der Waals surface area contributed by atoms with Crippen molar-refractivity contribution in [3.63, 3.8) is 0 Å². The van der Waals surface area contributed by atoms with Crippen molar-refractivity contribution in [2.24, 2.45) is 0 Å². The summed E-state index contributed by atoms with van der Waals surface area (Å²) < 4.78 is 15.8. The van der Waals surface area contributed by atoms with Gasteiger partial charge in [0.05, 0.1) is 11.4 Å². The van der Waals surface area contributed by atoms with Gasteiger partial charge in [0.1, 0.15) is 11.6 Å². The minimum absolute atomic E-state index is 0.0869. The zero-order chi connectivity index (χ0) is 21.6. The van der Waals surface area contributed by atoms with Crippen molar-refractivity contribution in [1.82, 2.24) is 14.8 Å². The summed E-state index contributed by atoms with van der Waals surface area (Å²) >= 11 is 1.27. The normalized spacial score (nSPS) is 10.8. The minimum Gasteiger partial charge on any atom is -0.323 e. The number of hydrogen-bond donors (Lipinski definition) is 1. The highest BCUT2D eigenvalue weighted by molar-refractivity contribution is 7.99. The van der Waals surface area contributed by atoms with Crippen LogP contribution < -0.4 is 5.32 Å². The van der Waals surface area contributed by atoms with E-state index in [1.807, 2.05) is 60.0 Å². The number of aryl methyl sites for hydroxylation is 1. The largest absolute Gasteiger partial charge is 0.323 e. The first kappa shape index (κ1) is 20.8. The lowest BCUT2D eigenvalue weighted by Crippen LogP contribution is -2.15. The number of aromatic nitrogens is 3. The monoisotopic (exact) mass is 432 g/mol. The number of carbonyl (C=O) groups excluding carboxylic acids is 1. The van der Waals surface area contributed by atoms with E-state index in [0.29, 0.717) is 11.6 Å². The van der Waals surface area contributed by atoms with Crippen molar-refractivity contribution >= 4 is 23.4 Å². The Balaban J connectivity index is 1.57. The van der Waals surface area contributed by atoms with Crippen molar-refractivity contribution in [2.45, 2.75) is 18.5 Å². The second-order valence-corrected chi connectivity index (χ2v) is 7.99. The summed E-state index contributed by atoms with van der Waals surface area (Å²) in [5.74, 6) is 0.102. The number of rotatable bonds is 7. The van der Waals surface area contributed by atoms with Crippen LogP contribution >= 0.6 is 11.8 Å². The van der Waals surface area contributed by atoms with Gasteiger partial charge in [0, 0.05) is 12.1 Å². The smallest absolute Gasteiger partial charge is 0.234 e. The Hall–Kier alpha value is -3.45. The highest BCUT2D eigenvalue weighted by Crippen LogP contribution is 2.24. The molecule has 0 unspecified atom stereocenters. The van der Waals surface area contributed by atoms with Crippen molar-refractivity contribution in [3.05, 3.63) is 102 Å². The van der Waals surface area contributed by atoms with Gasteiger partial charge in [0.15, 0.2) is 5.16 Å². The molecule has 0 saturated carbocycles. The van der Waals surface area contributed by atoms with Crippen LogP contribution in [0.15, 0.2) is 84.0 Å². The summed E-state index contributed by atoms with van der Waals surface area (Å²) in [5, 5.41) is 11.9. The summed E-state index contributed by atoms with van der Waals surface area (Å²) in [4.78, 5) is 12.4. The molecule has 1 amide bonds. The van der Waals surface area contributed by atoms with Crippen LogP contribution in [0.2, 0.25) is 0 Å². The Morgan fingerprint density at radius 2 is 1.77 bits per heavy atom. The molecular formula is C24H21FN4OS. The number of amides is 1. The number of nitrogens with one attached hydrogen (secondary N) is 1. The van der Waals surface area contributed by atoms with Gasteiger partial charge in [-0.3, -0.25) is 9.36 Å². The standard InChI is InChI=1S/C24H21FN4OS/c1-17-8-7-11-19(14-17)29-22(15-18-9-3-2-4-10-18)27-28-24(29)31-16-23(30)26-21-13-6-5-12-20(21)25/h2-14H,15-16H2,1H3,(H,26,30). The number of hydrogen-bond acceptors (Lipinski definition) is 4. The van der Waals surface area contributed by atoms with E-state index in [2.05, 4.69) is 21.6 Å². The molecule has 156 valence electrons. The third kappa shape index (κ3) is 5.19. The Morgan fingerprint density at radius 3 is 2.55 bits per heavy atom. The Morgan fingerprint density at radius 1 is 1.00 bits per heavy atom. The van der Waals surface area contributed by atoms with E-state index >= 15 is 0 Å². The van der Waals surface area contributed by atoms with Crippen molar-refractivity contribution in [3.8, 4) is 5.69 Å². The molecule has 1 heterocycles. The molecule has 0 fully saturated rings. The second kappa shape index (κ2) is 9.57. The van der Waals surface area contributed by atoms with Crippen molar-refractivity contribution < 1.29 is 9.18 Å². The topological polar surface area (TPSA) is 59.8 Å². The average Bonchev–Trinajstić information content (AvgIpc) is 3.17. The average molecular weight is 433 g/mol. The quantitative estimate of drug-likeness (QED) is 0.416. The molecule has 3 aromatic carbocycles. The summed E-state index contributed by atoms with van der Waals surface area (Å²) in [6, 6.07) is 24.2. The molecule has 1 N–H and O–H groups in total. The predicted octanol–water partition coefficient (Wildman–Crippen LogP) is 5.04. The van der Waals surface area contributed by atoms with Gasteiger partial charge < -0.3 is 5.32 Å². The molecule has 0 aliphatic carbocycles. The van der Waals surface area contributed by atoms with Gasteiger partial charge in [0.25, 0.3) is 0 Å². The minimum atomic E-state index is -0.464. The third-order valence-corrected chi connectivity index (χ3v) is 5.57. The molecule has 5 nitrogen and oxygen atoms in total. The van der Waals surface area contributed by atoms with E-state index in [1.165, 1.54) is 23.9 Å². The van der Waals surface area contributed by atoms with E-state index in [-0.39, 0.29) is 17.3 Å². The fourth-order valence-corrected chi connectivity index (χ4v) is 3.96. The van der Waals surface area contributed by atoms with Crippen LogP contribution in [0, 0.1) is 12.7 Å². The van der Waals surface area contributed by atoms with Crippen LogP contribution in [0.5, 0.6) is 0 Å². The maximum Gasteiger partial charge on any atom is 0.234 e. The number of thioether (sulfide) groups is 1. The van der Waals surface area contributed by atoms with Crippen LogP contribution in [-0.2, 0) is 11.2 Å². The lowest BCUT2D eigenvalue weighted by molar-refractivity contribution is -0.113. The molecule has 0 aliphatic heterocycles. The summed E-state index contributed by atoms with van der Waals surface area (Å²) in [7, 11) is 0. The summed E-state index contributed by atoms with van der Waals surface area (Å²) in [5.41, 5.74) is 3.34. The van der Waals surface area contributed by atoms with Crippen molar-refractivity contribution in [2.75, 3.05) is 11.1 Å². The zero-order valence-electron chi connectivity index (χ0n) is 17.0. The summed E-state index contributed by atoms with van der Waals surface area (Å²) in [6.07, 6.45) is 0.615. The molecule has 1 aromatic heterocycles. The van der Waals surface area contributed by atoms with E-state index in [0.717, 1.165) is 22.6 Å². The maximum absolute atomic E-state index is 13.8. The zero-order valence-corrected chi connectivity index (χ0v) is 17.8. The van der Waals surface area contributed by atoms with Gasteiger partial charge in [-0.15, -0.1) is 10.2 Å². The van der Waals surface area contributed by atoms with Crippen LogP contribution in [0.1, 0.15) is 17.0 Å². The number of halogens is 1. The molecule has 0 saturated heterocycles. The highest BCUT2D eigenvalue weighted by atomic mass is 32.2. The van der Waals surface area contributed by atoms with Crippen LogP contribution in [-0.4, -0.2) is 26.4 Å². The molecule has 4 aromatic rings. The van der Waals surface area contributed by atoms with Gasteiger partial charge in [-0.05, 0) is 42.3 Å². The van der Waals surface area contributed by atoms with Gasteiger partial charge >= 0.3 is 0 Å². The highest BCUT2D eigenvalue weighted by Gasteiger charge is 2.17. The number of para-hydroxylation sites is 1. The fraction of sp³-hybridized carbons (Fsp3) is 0.125. The first-order chi connectivity index (χ1) is 15.1. The first-order valence-electron chi connectivity index (χ1n) is 9.82. The molecule has 4 rings (SSSR count). The van der Waals surface area contributed by atoms with Gasteiger partial charge in [-0.25, -0.2) is 4.39 Å². The predicted molar refractivity (Wildman–Crippen MR) is 121 cm³/mol. The van der Waals surface area contributed by atoms with Crippen molar-refractivity contribution in [1.29, 1.82) is 0 Å². The Bertz CT molecular complexity index is 1190. The molecule has 0 bridgehead atoms. The lowest BCUT2D eigenvalue weighted by atomic mass is 10.1. The van der Waals surface area contributed by atoms with E-state index in [4.69, 9.17) is 0 Å². The maximum atomic E-state index is 13.8. The molecule has 31 heavy (non-hydrogen) atoms. The van der Waals surface area contributed by atoms with Crippen LogP contribution in [0.4, 0.5) is 10.1 Å². The first-order valence-corrected chi connectivity index (χ1v) is 10.8. The number of benzene rings is 3. The molecule has 0 spiro atoms. The van der Waals surface area contributed by atoms with Crippen LogP contribution in [0.25, 0.3) is 5.69 Å². The lowest BCUT2D eigenvalue weighted by Gasteiger charge is -2.11. The summed E-state index contributed by atoms with van der Waals surface area (Å²) in [6.45, 7) is 2.03. The number of anilines is 1. The van der Waals surface area contributed by atoms with Gasteiger partial charge in [-0.2, -0.15) is 0 Å². The Kier molecular flexibility index (Phi) is 6.43. The van der Waals surface area contributed by atoms with E-state index in [1.54, 1.807) is 12.1 Å². The van der Waals surface area contributed by atoms with Gasteiger partial charge in [0.2, 0.25) is 5.91 Å². The third-order valence-electron chi connectivity index (χ3n) is 4.65. The molecule has 0 aliphatic rings. The molecule has 0 radical (unpaired) electrons. The van der Waals surface area contributed by atoms with Crippen LogP contribution in [0.3, 0.4) is 0 Å². The fourth-order valence-electron chi connectivity index (χ4n) is 3.19. The molecule has 7 heteroatoms. The number of carbonyl (C=O) groups is 1. The van der Waals surface area contributed by atoms with E-state index < -0.39 is 5.82 Å². The van der Waals surface area contributed by atoms with Gasteiger partial charge in [-0.1, -0.05) is 66.4 Å². The second-order valence-electron chi connectivity index (χ2n) is 7.05. The van der Waals surface area contributed by atoms with E-state index in [9.17, 15) is 9.18 Å². The number of nitrogens with zero attached hydrogens (tertiary/aromatic N) is 3. The SMILES string of the molecule is Cc1cccc(-n2c(Cc3ccccc3)nnc2SCC(=O)Nc2ccccc2F)c1. The molecule has 0 atom stereocenters. The molecular weight excluding hydrogens is 411 g/mol.